The van der Waals surface area contributed by atoms with Gasteiger partial charge in [-0.05, 0) is 42.5 Å². The number of amides is 2. The number of carbonyl (C=O) groups excluding carboxylic acids is 2. The number of fused-ring (bicyclic) bond motifs is 3. The molecule has 8 heteroatoms. The summed E-state index contributed by atoms with van der Waals surface area (Å²) in [7, 11) is 0. The molecule has 2 aromatic heterocycles. The topological polar surface area (TPSA) is 109 Å². The number of hydrogen-bond acceptors (Lipinski definition) is 6. The van der Waals surface area contributed by atoms with E-state index in [1.807, 2.05) is 54.6 Å². The maximum Gasteiger partial charge on any atom is 0.251 e. The van der Waals surface area contributed by atoms with E-state index in [0.717, 1.165) is 33.9 Å². The minimum atomic E-state index is -0.141. The maximum atomic E-state index is 12.4. The van der Waals surface area contributed by atoms with Crippen molar-refractivity contribution in [3.8, 4) is 11.3 Å². The number of para-hydroxylation sites is 1. The van der Waals surface area contributed by atoms with Crippen LogP contribution in [0.3, 0.4) is 0 Å². The molecule has 0 aliphatic carbocycles. The number of nitrogens with zero attached hydrogens (tertiary/aromatic N) is 3. The molecular formula is C26H22N6O2. The van der Waals surface area contributed by atoms with E-state index in [4.69, 9.17) is 0 Å². The molecule has 1 aliphatic heterocycles. The lowest BCUT2D eigenvalue weighted by atomic mass is 10.1. The van der Waals surface area contributed by atoms with E-state index in [2.05, 4.69) is 30.9 Å². The van der Waals surface area contributed by atoms with Crippen molar-refractivity contribution in [1.82, 2.24) is 20.3 Å². The molecule has 5 rings (SSSR count). The van der Waals surface area contributed by atoms with Crippen LogP contribution in [0.2, 0.25) is 0 Å². The third kappa shape index (κ3) is 4.75. The first-order valence-electron chi connectivity index (χ1n) is 11.0. The predicted octanol–water partition coefficient (Wildman–Crippen LogP) is 3.75. The normalized spacial score (nSPS) is 12.1. The Hall–Kier alpha value is -4.59. The molecule has 168 valence electrons. The molecule has 0 radical (unpaired) electrons. The van der Waals surface area contributed by atoms with Gasteiger partial charge < -0.3 is 16.0 Å². The second kappa shape index (κ2) is 9.50. The molecule has 2 amide bonds. The quantitative estimate of drug-likeness (QED) is 0.413. The van der Waals surface area contributed by atoms with Gasteiger partial charge in [0, 0.05) is 53.4 Å². The number of hydrogen-bond donors (Lipinski definition) is 3. The van der Waals surface area contributed by atoms with Gasteiger partial charge in [0.1, 0.15) is 0 Å². The number of pyridine rings is 1. The summed E-state index contributed by atoms with van der Waals surface area (Å²) < 4.78 is 0. The molecule has 0 saturated carbocycles. The Bertz CT molecular complexity index is 1340. The number of anilines is 3. The van der Waals surface area contributed by atoms with E-state index >= 15 is 0 Å². The third-order valence-corrected chi connectivity index (χ3v) is 5.47. The largest absolute Gasteiger partial charge is 0.352 e. The lowest BCUT2D eigenvalue weighted by Gasteiger charge is -2.11. The zero-order valence-corrected chi connectivity index (χ0v) is 18.3. The second-order valence-electron chi connectivity index (χ2n) is 7.87. The molecule has 4 aromatic rings. The summed E-state index contributed by atoms with van der Waals surface area (Å²) in [5, 5.41) is 9.00. The van der Waals surface area contributed by atoms with Crippen LogP contribution < -0.4 is 16.0 Å². The Morgan fingerprint density at radius 1 is 0.971 bits per heavy atom. The van der Waals surface area contributed by atoms with Crippen molar-refractivity contribution >= 4 is 29.1 Å². The smallest absolute Gasteiger partial charge is 0.251 e. The molecule has 1 aliphatic rings. The van der Waals surface area contributed by atoms with Crippen molar-refractivity contribution in [2.75, 3.05) is 17.2 Å². The average Bonchev–Trinajstić information content (AvgIpc) is 3.00. The molecule has 34 heavy (non-hydrogen) atoms. The van der Waals surface area contributed by atoms with Gasteiger partial charge in [-0.2, -0.15) is 0 Å². The van der Waals surface area contributed by atoms with Crippen molar-refractivity contribution in [1.29, 1.82) is 0 Å². The van der Waals surface area contributed by atoms with Gasteiger partial charge in [-0.25, -0.2) is 9.97 Å². The summed E-state index contributed by atoms with van der Waals surface area (Å²) in [4.78, 5) is 37.9. The molecule has 2 aromatic carbocycles. The lowest BCUT2D eigenvalue weighted by Crippen LogP contribution is -2.25. The van der Waals surface area contributed by atoms with Gasteiger partial charge in [-0.1, -0.05) is 24.3 Å². The van der Waals surface area contributed by atoms with Gasteiger partial charge in [0.15, 0.2) is 0 Å². The van der Waals surface area contributed by atoms with Crippen LogP contribution in [-0.4, -0.2) is 33.3 Å². The molecule has 0 saturated heterocycles. The second-order valence-corrected chi connectivity index (χ2v) is 7.87. The molecule has 0 atom stereocenters. The first-order valence-corrected chi connectivity index (χ1v) is 11.0. The SMILES string of the molecule is O=C1Cc2cnc(Nc3ccc(C(=O)NCCc4ccccn4)cc3)nc2-c2ccccc2N1. The highest BCUT2D eigenvalue weighted by atomic mass is 16.2. The van der Waals surface area contributed by atoms with Crippen molar-refractivity contribution in [3.05, 3.63) is 95.9 Å². The highest BCUT2D eigenvalue weighted by molar-refractivity contribution is 6.00. The molecule has 0 bridgehead atoms. The number of carbonyl (C=O) groups is 2. The number of aromatic nitrogens is 3. The Morgan fingerprint density at radius 2 is 1.79 bits per heavy atom. The summed E-state index contributed by atoms with van der Waals surface area (Å²) >= 11 is 0. The highest BCUT2D eigenvalue weighted by Crippen LogP contribution is 2.32. The van der Waals surface area contributed by atoms with E-state index in [0.29, 0.717) is 24.5 Å². The summed E-state index contributed by atoms with van der Waals surface area (Å²) in [6.07, 6.45) is 4.31. The maximum absolute atomic E-state index is 12.4. The van der Waals surface area contributed by atoms with Crippen LogP contribution in [0.1, 0.15) is 21.6 Å². The van der Waals surface area contributed by atoms with Crippen molar-refractivity contribution in [2.45, 2.75) is 12.8 Å². The van der Waals surface area contributed by atoms with Crippen molar-refractivity contribution in [2.24, 2.45) is 0 Å². The Balaban J connectivity index is 1.26. The Morgan fingerprint density at radius 3 is 2.62 bits per heavy atom. The van der Waals surface area contributed by atoms with Crippen LogP contribution in [0, 0.1) is 0 Å². The molecule has 0 fully saturated rings. The standard InChI is InChI=1S/C26H22N6O2/c33-23-15-18-16-29-26(32-24(18)21-6-1-2-7-22(21)31-23)30-20-10-8-17(9-11-20)25(34)28-14-12-19-5-3-4-13-27-19/h1-11,13,16H,12,14-15H2,(H,28,34)(H,31,33)(H,29,30,32). The minimum absolute atomic E-state index is 0.0931. The third-order valence-electron chi connectivity index (χ3n) is 5.47. The van der Waals surface area contributed by atoms with Crippen molar-refractivity contribution in [3.63, 3.8) is 0 Å². The number of nitrogens with one attached hydrogen (secondary N) is 3. The monoisotopic (exact) mass is 450 g/mol. The summed E-state index contributed by atoms with van der Waals surface area (Å²) in [5.74, 6) is 0.178. The van der Waals surface area contributed by atoms with Crippen molar-refractivity contribution < 1.29 is 9.59 Å². The van der Waals surface area contributed by atoms with E-state index in [9.17, 15) is 9.59 Å². The van der Waals surface area contributed by atoms with Crippen LogP contribution in [0.25, 0.3) is 11.3 Å². The fourth-order valence-electron chi connectivity index (χ4n) is 3.78. The first kappa shape index (κ1) is 21.3. The van der Waals surface area contributed by atoms with Crippen LogP contribution in [0.4, 0.5) is 17.3 Å². The van der Waals surface area contributed by atoms with Gasteiger partial charge >= 0.3 is 0 Å². The summed E-state index contributed by atoms with van der Waals surface area (Å²) in [6, 6.07) is 20.4. The van der Waals surface area contributed by atoms with E-state index in [1.54, 1.807) is 24.5 Å². The van der Waals surface area contributed by atoms with Gasteiger partial charge in [0.2, 0.25) is 11.9 Å². The van der Waals surface area contributed by atoms with Crippen LogP contribution in [-0.2, 0) is 17.6 Å². The molecular weight excluding hydrogens is 428 g/mol. The first-order chi connectivity index (χ1) is 16.7. The summed E-state index contributed by atoms with van der Waals surface area (Å²) in [6.45, 7) is 0.512. The lowest BCUT2D eigenvalue weighted by molar-refractivity contribution is -0.115. The average molecular weight is 451 g/mol. The van der Waals surface area contributed by atoms with E-state index < -0.39 is 0 Å². The van der Waals surface area contributed by atoms with Gasteiger partial charge in [0.05, 0.1) is 17.8 Å². The minimum Gasteiger partial charge on any atom is -0.352 e. The van der Waals surface area contributed by atoms with Gasteiger partial charge in [-0.15, -0.1) is 0 Å². The molecule has 0 spiro atoms. The highest BCUT2D eigenvalue weighted by Gasteiger charge is 2.20. The van der Waals surface area contributed by atoms with E-state index in [1.165, 1.54) is 0 Å². The van der Waals surface area contributed by atoms with Gasteiger partial charge in [0.25, 0.3) is 5.91 Å². The van der Waals surface area contributed by atoms with Crippen LogP contribution in [0.5, 0.6) is 0 Å². The fourth-order valence-corrected chi connectivity index (χ4v) is 3.78. The number of benzene rings is 2. The van der Waals surface area contributed by atoms with E-state index in [-0.39, 0.29) is 18.2 Å². The molecule has 3 heterocycles. The molecule has 3 N–H and O–H groups in total. The fraction of sp³-hybridized carbons (Fsp3) is 0.115. The Kier molecular flexibility index (Phi) is 5.94. The predicted molar refractivity (Wildman–Crippen MR) is 130 cm³/mol. The number of rotatable bonds is 6. The Labute approximate surface area is 196 Å². The summed E-state index contributed by atoms with van der Waals surface area (Å²) in [5.41, 5.74) is 5.32. The molecule has 0 unspecified atom stereocenters. The zero-order valence-electron chi connectivity index (χ0n) is 18.3. The molecule has 8 nitrogen and oxygen atoms in total. The zero-order chi connectivity index (χ0) is 23.3. The van der Waals surface area contributed by atoms with Crippen LogP contribution >= 0.6 is 0 Å². The van der Waals surface area contributed by atoms with Crippen LogP contribution in [0.15, 0.2) is 79.1 Å². The van der Waals surface area contributed by atoms with Gasteiger partial charge in [-0.3, -0.25) is 14.6 Å².